The molecule has 0 bridgehead atoms. The summed E-state index contributed by atoms with van der Waals surface area (Å²) in [5.74, 6) is 0. The average Bonchev–Trinajstić information content (AvgIpc) is 2.81. The van der Waals surface area contributed by atoms with E-state index in [1.165, 1.54) is 12.5 Å². The number of hydrogen-bond donors (Lipinski definition) is 1. The number of rotatable bonds is 1. The number of carbonyl (C=O) groups is 1. The number of carbonyl (C=O) groups excluding carboxylic acids is 1. The SMILES string of the molecule is O=Cc1ccoc1.c1cn[nH]c1. The number of aromatic nitrogens is 2. The van der Waals surface area contributed by atoms with Gasteiger partial charge in [0.05, 0.1) is 11.8 Å². The predicted molar refractivity (Wildman–Crippen MR) is 42.7 cm³/mol. The van der Waals surface area contributed by atoms with Crippen LogP contribution >= 0.6 is 0 Å². The van der Waals surface area contributed by atoms with Gasteiger partial charge in [-0.25, -0.2) is 0 Å². The Morgan fingerprint density at radius 3 is 2.75 bits per heavy atom. The molecule has 0 radical (unpaired) electrons. The van der Waals surface area contributed by atoms with E-state index in [0.717, 1.165) is 6.29 Å². The molecule has 2 rings (SSSR count). The summed E-state index contributed by atoms with van der Waals surface area (Å²) in [4.78, 5) is 9.81. The average molecular weight is 164 g/mol. The van der Waals surface area contributed by atoms with Gasteiger partial charge in [0.2, 0.25) is 0 Å². The molecule has 4 nitrogen and oxygen atoms in total. The molecule has 0 fully saturated rings. The van der Waals surface area contributed by atoms with E-state index in [1.807, 2.05) is 6.07 Å². The molecule has 0 saturated heterocycles. The van der Waals surface area contributed by atoms with Gasteiger partial charge in [-0.15, -0.1) is 0 Å². The molecule has 0 aromatic carbocycles. The van der Waals surface area contributed by atoms with Crippen LogP contribution in [0, 0.1) is 0 Å². The Morgan fingerprint density at radius 1 is 1.58 bits per heavy atom. The fraction of sp³-hybridized carbons (Fsp3) is 0. The van der Waals surface area contributed by atoms with Crippen molar-refractivity contribution in [3.05, 3.63) is 42.6 Å². The molecule has 0 unspecified atom stereocenters. The quantitative estimate of drug-likeness (QED) is 0.650. The zero-order valence-corrected chi connectivity index (χ0v) is 6.31. The first kappa shape index (κ1) is 8.26. The minimum atomic E-state index is 0.583. The third-order valence-corrected chi connectivity index (χ3v) is 1.09. The number of hydrogen-bond acceptors (Lipinski definition) is 3. The van der Waals surface area contributed by atoms with Crippen LogP contribution in [-0.2, 0) is 0 Å². The van der Waals surface area contributed by atoms with Gasteiger partial charge in [-0.05, 0) is 12.1 Å². The van der Waals surface area contributed by atoms with Gasteiger partial charge >= 0.3 is 0 Å². The van der Waals surface area contributed by atoms with Crippen LogP contribution in [0.3, 0.4) is 0 Å². The molecule has 62 valence electrons. The van der Waals surface area contributed by atoms with Crippen LogP contribution in [0.25, 0.3) is 0 Å². The summed E-state index contributed by atoms with van der Waals surface area (Å²) >= 11 is 0. The van der Waals surface area contributed by atoms with Crippen molar-refractivity contribution in [1.82, 2.24) is 10.2 Å². The van der Waals surface area contributed by atoms with E-state index in [-0.39, 0.29) is 0 Å². The molecular weight excluding hydrogens is 156 g/mol. The van der Waals surface area contributed by atoms with Gasteiger partial charge in [-0.3, -0.25) is 9.89 Å². The molecule has 2 heterocycles. The minimum Gasteiger partial charge on any atom is -0.472 e. The lowest BCUT2D eigenvalue weighted by Gasteiger charge is -1.64. The molecule has 1 N–H and O–H groups in total. The van der Waals surface area contributed by atoms with Crippen molar-refractivity contribution >= 4 is 6.29 Å². The van der Waals surface area contributed by atoms with Gasteiger partial charge in [-0.2, -0.15) is 5.10 Å². The van der Waals surface area contributed by atoms with Gasteiger partial charge < -0.3 is 4.42 Å². The van der Waals surface area contributed by atoms with Crippen molar-refractivity contribution in [3.63, 3.8) is 0 Å². The van der Waals surface area contributed by atoms with E-state index in [9.17, 15) is 4.79 Å². The van der Waals surface area contributed by atoms with E-state index in [0.29, 0.717) is 5.56 Å². The highest BCUT2D eigenvalue weighted by Gasteiger charge is 1.84. The van der Waals surface area contributed by atoms with Crippen molar-refractivity contribution in [2.75, 3.05) is 0 Å². The third-order valence-electron chi connectivity index (χ3n) is 1.09. The Kier molecular flexibility index (Phi) is 3.37. The largest absolute Gasteiger partial charge is 0.472 e. The van der Waals surface area contributed by atoms with Crippen molar-refractivity contribution in [1.29, 1.82) is 0 Å². The molecule has 12 heavy (non-hydrogen) atoms. The number of H-pyrrole nitrogens is 1. The Labute approximate surface area is 69.2 Å². The lowest BCUT2D eigenvalue weighted by Crippen LogP contribution is -1.65. The van der Waals surface area contributed by atoms with Gasteiger partial charge in [-0.1, -0.05) is 0 Å². The molecular formula is C8H8N2O2. The second-order valence-corrected chi connectivity index (χ2v) is 1.94. The van der Waals surface area contributed by atoms with Crippen LogP contribution in [0.15, 0.2) is 41.5 Å². The van der Waals surface area contributed by atoms with E-state index >= 15 is 0 Å². The van der Waals surface area contributed by atoms with Crippen molar-refractivity contribution in [2.45, 2.75) is 0 Å². The topological polar surface area (TPSA) is 58.9 Å². The number of nitrogens with zero attached hydrogens (tertiary/aromatic N) is 1. The zero-order chi connectivity index (χ0) is 8.65. The monoisotopic (exact) mass is 164 g/mol. The van der Waals surface area contributed by atoms with E-state index in [4.69, 9.17) is 0 Å². The summed E-state index contributed by atoms with van der Waals surface area (Å²) in [6, 6.07) is 3.44. The standard InChI is InChI=1S/C5H4O2.C3H4N2/c6-3-5-1-2-7-4-5;1-2-4-5-3-1/h1-4H;1-3H,(H,4,5). The van der Waals surface area contributed by atoms with Crippen LogP contribution in [-0.4, -0.2) is 16.5 Å². The summed E-state index contributed by atoms with van der Waals surface area (Å²) < 4.78 is 4.57. The summed E-state index contributed by atoms with van der Waals surface area (Å²) in [5, 5.41) is 6.21. The molecule has 0 atom stereocenters. The third kappa shape index (κ3) is 2.83. The molecule has 2 aromatic heterocycles. The van der Waals surface area contributed by atoms with Crippen LogP contribution in [0.5, 0.6) is 0 Å². The lowest BCUT2D eigenvalue weighted by atomic mass is 10.4. The Bertz CT molecular complexity index is 269. The summed E-state index contributed by atoms with van der Waals surface area (Å²) in [6.07, 6.45) is 7.06. The molecule has 2 aromatic rings. The predicted octanol–water partition coefficient (Wildman–Crippen LogP) is 1.50. The van der Waals surface area contributed by atoms with Crippen molar-refractivity contribution < 1.29 is 9.21 Å². The fourth-order valence-electron chi connectivity index (χ4n) is 0.557. The van der Waals surface area contributed by atoms with E-state index < -0.39 is 0 Å². The molecule has 4 heteroatoms. The second kappa shape index (κ2) is 4.90. The lowest BCUT2D eigenvalue weighted by molar-refractivity contribution is 0.112. The maximum atomic E-state index is 9.81. The number of furan rings is 1. The fourth-order valence-corrected chi connectivity index (χ4v) is 0.557. The first-order valence-corrected chi connectivity index (χ1v) is 3.34. The van der Waals surface area contributed by atoms with E-state index in [2.05, 4.69) is 14.6 Å². The molecule has 0 aliphatic carbocycles. The maximum absolute atomic E-state index is 9.81. The number of nitrogens with one attached hydrogen (secondary N) is 1. The van der Waals surface area contributed by atoms with Crippen molar-refractivity contribution in [3.8, 4) is 0 Å². The Balaban J connectivity index is 0.000000127. The number of aldehydes is 1. The van der Waals surface area contributed by atoms with Crippen LogP contribution < -0.4 is 0 Å². The highest BCUT2D eigenvalue weighted by Crippen LogP contribution is 1.92. The Hall–Kier alpha value is -1.84. The second-order valence-electron chi connectivity index (χ2n) is 1.94. The van der Waals surface area contributed by atoms with Crippen molar-refractivity contribution in [2.24, 2.45) is 0 Å². The molecule has 0 saturated carbocycles. The molecule has 0 amide bonds. The van der Waals surface area contributed by atoms with Gasteiger partial charge in [0.25, 0.3) is 0 Å². The maximum Gasteiger partial charge on any atom is 0.153 e. The normalized spacial score (nSPS) is 8.33. The summed E-state index contributed by atoms with van der Waals surface area (Å²) in [6.45, 7) is 0. The summed E-state index contributed by atoms with van der Waals surface area (Å²) in [7, 11) is 0. The number of aromatic amines is 1. The molecule has 0 aliphatic rings. The minimum absolute atomic E-state index is 0.583. The Morgan fingerprint density at radius 2 is 2.50 bits per heavy atom. The van der Waals surface area contributed by atoms with Crippen LogP contribution in [0.2, 0.25) is 0 Å². The zero-order valence-electron chi connectivity index (χ0n) is 6.31. The van der Waals surface area contributed by atoms with Crippen LogP contribution in [0.1, 0.15) is 10.4 Å². The molecule has 0 aliphatic heterocycles. The van der Waals surface area contributed by atoms with E-state index in [1.54, 1.807) is 18.5 Å². The van der Waals surface area contributed by atoms with Gasteiger partial charge in [0.15, 0.2) is 6.29 Å². The molecule has 0 spiro atoms. The smallest absolute Gasteiger partial charge is 0.153 e. The van der Waals surface area contributed by atoms with Crippen LogP contribution in [0.4, 0.5) is 0 Å². The van der Waals surface area contributed by atoms with Gasteiger partial charge in [0.1, 0.15) is 6.26 Å². The van der Waals surface area contributed by atoms with Gasteiger partial charge in [0, 0.05) is 12.4 Å². The summed E-state index contributed by atoms with van der Waals surface area (Å²) in [5.41, 5.74) is 0.583. The first-order valence-electron chi connectivity index (χ1n) is 3.34. The first-order chi connectivity index (χ1) is 5.93. The highest BCUT2D eigenvalue weighted by atomic mass is 16.3. The highest BCUT2D eigenvalue weighted by molar-refractivity contribution is 5.73.